The minimum atomic E-state index is -0.288. The average molecular weight is 228 g/mol. The summed E-state index contributed by atoms with van der Waals surface area (Å²) < 4.78 is 0.791. The van der Waals surface area contributed by atoms with E-state index in [2.05, 4.69) is 20.9 Å². The third-order valence-electron chi connectivity index (χ3n) is 2.16. The van der Waals surface area contributed by atoms with Crippen LogP contribution in [0.5, 0.6) is 0 Å². The fourth-order valence-corrected chi connectivity index (χ4v) is 1.67. The number of hydrogen-bond acceptors (Lipinski definition) is 2. The standard InChI is InChI=1S/C9H10BrNO/c10-8-5-7(3-4-11-8)9(12)6-1-2-6/h3-6,9,12H,1-2H2. The molecule has 1 saturated carbocycles. The van der Waals surface area contributed by atoms with Crippen molar-refractivity contribution in [3.8, 4) is 0 Å². The van der Waals surface area contributed by atoms with Crippen molar-refractivity contribution in [3.05, 3.63) is 28.5 Å². The first-order valence-corrected chi connectivity index (χ1v) is 4.86. The van der Waals surface area contributed by atoms with Crippen LogP contribution in [0.25, 0.3) is 0 Å². The predicted molar refractivity (Wildman–Crippen MR) is 49.6 cm³/mol. The van der Waals surface area contributed by atoms with Gasteiger partial charge < -0.3 is 5.11 Å². The van der Waals surface area contributed by atoms with Gasteiger partial charge in [-0.1, -0.05) is 0 Å². The molecule has 0 radical (unpaired) electrons. The van der Waals surface area contributed by atoms with Crippen molar-refractivity contribution in [1.82, 2.24) is 4.98 Å². The highest BCUT2D eigenvalue weighted by Gasteiger charge is 2.30. The summed E-state index contributed by atoms with van der Waals surface area (Å²) in [6.45, 7) is 0. The Morgan fingerprint density at radius 2 is 2.33 bits per heavy atom. The van der Waals surface area contributed by atoms with Crippen LogP contribution in [0.3, 0.4) is 0 Å². The molecule has 0 bridgehead atoms. The summed E-state index contributed by atoms with van der Waals surface area (Å²) in [7, 11) is 0. The smallest absolute Gasteiger partial charge is 0.106 e. The van der Waals surface area contributed by atoms with Crippen LogP contribution in [0.15, 0.2) is 22.9 Å². The minimum Gasteiger partial charge on any atom is -0.388 e. The zero-order valence-corrected chi connectivity index (χ0v) is 8.16. The van der Waals surface area contributed by atoms with Crippen molar-refractivity contribution in [3.63, 3.8) is 0 Å². The molecule has 0 aliphatic heterocycles. The van der Waals surface area contributed by atoms with Gasteiger partial charge in [0.05, 0.1) is 6.10 Å². The van der Waals surface area contributed by atoms with Gasteiger partial charge in [0.15, 0.2) is 0 Å². The van der Waals surface area contributed by atoms with E-state index in [1.54, 1.807) is 6.20 Å². The quantitative estimate of drug-likeness (QED) is 0.787. The molecule has 1 atom stereocenters. The van der Waals surface area contributed by atoms with E-state index in [0.29, 0.717) is 5.92 Å². The first-order valence-electron chi connectivity index (χ1n) is 4.07. The molecule has 0 aromatic carbocycles. The lowest BCUT2D eigenvalue weighted by Crippen LogP contribution is -1.99. The highest BCUT2D eigenvalue weighted by molar-refractivity contribution is 9.10. The second-order valence-electron chi connectivity index (χ2n) is 3.19. The number of rotatable bonds is 2. The number of aliphatic hydroxyl groups is 1. The Morgan fingerprint density at radius 1 is 1.58 bits per heavy atom. The molecule has 12 heavy (non-hydrogen) atoms. The molecule has 0 spiro atoms. The zero-order valence-electron chi connectivity index (χ0n) is 6.57. The maximum Gasteiger partial charge on any atom is 0.106 e. The molecular weight excluding hydrogens is 218 g/mol. The van der Waals surface area contributed by atoms with Gasteiger partial charge >= 0.3 is 0 Å². The van der Waals surface area contributed by atoms with Gasteiger partial charge in [0.2, 0.25) is 0 Å². The summed E-state index contributed by atoms with van der Waals surface area (Å²) in [5.41, 5.74) is 0.972. The second kappa shape index (κ2) is 3.15. The third kappa shape index (κ3) is 1.67. The molecule has 3 heteroatoms. The van der Waals surface area contributed by atoms with Crippen LogP contribution in [0.4, 0.5) is 0 Å². The van der Waals surface area contributed by atoms with Crippen molar-refractivity contribution < 1.29 is 5.11 Å². The normalized spacial score (nSPS) is 19.2. The fraction of sp³-hybridized carbons (Fsp3) is 0.444. The van der Waals surface area contributed by atoms with E-state index in [9.17, 15) is 5.11 Å². The number of pyridine rings is 1. The van der Waals surface area contributed by atoms with Crippen LogP contribution >= 0.6 is 15.9 Å². The van der Waals surface area contributed by atoms with Gasteiger partial charge in [0.1, 0.15) is 4.60 Å². The van der Waals surface area contributed by atoms with Crippen molar-refractivity contribution in [1.29, 1.82) is 0 Å². The molecule has 1 aliphatic carbocycles. The number of hydrogen-bond donors (Lipinski definition) is 1. The molecule has 1 fully saturated rings. The first-order chi connectivity index (χ1) is 5.77. The Kier molecular flexibility index (Phi) is 2.15. The molecule has 1 heterocycles. The van der Waals surface area contributed by atoms with Gasteiger partial charge in [0.25, 0.3) is 0 Å². The Balaban J connectivity index is 2.20. The molecule has 1 unspecified atom stereocenters. The van der Waals surface area contributed by atoms with Crippen LogP contribution < -0.4 is 0 Å². The van der Waals surface area contributed by atoms with E-state index in [4.69, 9.17) is 0 Å². The highest BCUT2D eigenvalue weighted by atomic mass is 79.9. The first kappa shape index (κ1) is 8.20. The van der Waals surface area contributed by atoms with Gasteiger partial charge in [-0.3, -0.25) is 0 Å². The van der Waals surface area contributed by atoms with Crippen LogP contribution in [0, 0.1) is 5.92 Å². The van der Waals surface area contributed by atoms with E-state index in [-0.39, 0.29) is 6.10 Å². The van der Waals surface area contributed by atoms with E-state index in [0.717, 1.165) is 23.0 Å². The van der Waals surface area contributed by atoms with Crippen LogP contribution in [0.1, 0.15) is 24.5 Å². The van der Waals surface area contributed by atoms with Crippen LogP contribution in [-0.2, 0) is 0 Å². The lowest BCUT2D eigenvalue weighted by Gasteiger charge is -2.08. The number of aromatic nitrogens is 1. The molecule has 64 valence electrons. The van der Waals surface area contributed by atoms with Gasteiger partial charge in [-0.25, -0.2) is 4.98 Å². The molecule has 2 nitrogen and oxygen atoms in total. The SMILES string of the molecule is OC(c1ccnc(Br)c1)C1CC1. The Morgan fingerprint density at radius 3 is 2.92 bits per heavy atom. The van der Waals surface area contributed by atoms with Gasteiger partial charge in [-0.15, -0.1) is 0 Å². The van der Waals surface area contributed by atoms with Crippen molar-refractivity contribution in [2.45, 2.75) is 18.9 Å². The van der Waals surface area contributed by atoms with Crippen molar-refractivity contribution in [2.75, 3.05) is 0 Å². The zero-order chi connectivity index (χ0) is 8.55. The molecule has 1 N–H and O–H groups in total. The maximum absolute atomic E-state index is 9.74. The fourth-order valence-electron chi connectivity index (χ4n) is 1.29. The van der Waals surface area contributed by atoms with Crippen molar-refractivity contribution in [2.24, 2.45) is 5.92 Å². The molecule has 0 amide bonds. The Labute approximate surface area is 79.8 Å². The highest BCUT2D eigenvalue weighted by Crippen LogP contribution is 2.40. The lowest BCUT2D eigenvalue weighted by molar-refractivity contribution is 0.153. The molecule has 1 aromatic rings. The third-order valence-corrected chi connectivity index (χ3v) is 2.59. The summed E-state index contributed by atoms with van der Waals surface area (Å²) in [4.78, 5) is 4.01. The molecular formula is C9H10BrNO. The second-order valence-corrected chi connectivity index (χ2v) is 4.01. The Bertz CT molecular complexity index is 286. The lowest BCUT2D eigenvalue weighted by atomic mass is 10.1. The minimum absolute atomic E-state index is 0.288. The summed E-state index contributed by atoms with van der Waals surface area (Å²) in [5.74, 6) is 0.485. The summed E-state index contributed by atoms with van der Waals surface area (Å²) >= 11 is 3.28. The van der Waals surface area contributed by atoms with Gasteiger partial charge in [-0.05, 0) is 52.4 Å². The van der Waals surface area contributed by atoms with Crippen LogP contribution in [0.2, 0.25) is 0 Å². The molecule has 2 rings (SSSR count). The molecule has 1 aromatic heterocycles. The summed E-state index contributed by atoms with van der Waals surface area (Å²) in [6, 6.07) is 3.75. The van der Waals surface area contributed by atoms with E-state index in [1.165, 1.54) is 0 Å². The van der Waals surface area contributed by atoms with E-state index in [1.807, 2.05) is 12.1 Å². The average Bonchev–Trinajstić information content (AvgIpc) is 2.85. The van der Waals surface area contributed by atoms with E-state index >= 15 is 0 Å². The monoisotopic (exact) mass is 227 g/mol. The Hall–Kier alpha value is -0.410. The largest absolute Gasteiger partial charge is 0.388 e. The molecule has 0 saturated heterocycles. The maximum atomic E-state index is 9.74. The van der Waals surface area contributed by atoms with Crippen molar-refractivity contribution >= 4 is 15.9 Å². The van der Waals surface area contributed by atoms with Gasteiger partial charge in [0, 0.05) is 6.20 Å². The summed E-state index contributed by atoms with van der Waals surface area (Å²) in [5, 5.41) is 9.74. The van der Waals surface area contributed by atoms with Crippen LogP contribution in [-0.4, -0.2) is 10.1 Å². The van der Waals surface area contributed by atoms with Gasteiger partial charge in [-0.2, -0.15) is 0 Å². The summed E-state index contributed by atoms with van der Waals surface area (Å²) in [6.07, 6.45) is 3.73. The number of halogens is 1. The predicted octanol–water partition coefficient (Wildman–Crippen LogP) is 2.29. The number of nitrogens with zero attached hydrogens (tertiary/aromatic N) is 1. The topological polar surface area (TPSA) is 33.1 Å². The number of aliphatic hydroxyl groups excluding tert-OH is 1. The van der Waals surface area contributed by atoms with E-state index < -0.39 is 0 Å². The molecule has 1 aliphatic rings.